The molecule has 96 valence electrons. The van der Waals surface area contributed by atoms with Crippen molar-refractivity contribution in [1.82, 2.24) is 9.97 Å². The number of nitrogens with one attached hydrogen (secondary N) is 1. The Morgan fingerprint density at radius 3 is 2.65 bits per heavy atom. The van der Waals surface area contributed by atoms with Crippen LogP contribution in [0.25, 0.3) is 0 Å². The topological polar surface area (TPSA) is 37.8 Å². The summed E-state index contributed by atoms with van der Waals surface area (Å²) in [6.07, 6.45) is 3.23. The van der Waals surface area contributed by atoms with Crippen molar-refractivity contribution in [2.75, 3.05) is 17.3 Å². The summed E-state index contributed by atoms with van der Waals surface area (Å²) in [7, 11) is 0. The van der Waals surface area contributed by atoms with Gasteiger partial charge in [-0.05, 0) is 25.4 Å². The highest BCUT2D eigenvalue weighted by atomic mass is 35.5. The third-order valence-corrected chi connectivity index (χ3v) is 3.22. The molecule has 3 nitrogen and oxygen atoms in total. The number of anilines is 1. The summed E-state index contributed by atoms with van der Waals surface area (Å²) in [5.41, 5.74) is 0. The van der Waals surface area contributed by atoms with Gasteiger partial charge in [0.25, 0.3) is 0 Å². The lowest BCUT2D eigenvalue weighted by Gasteiger charge is -2.15. The second kappa shape index (κ2) is 7.07. The third kappa shape index (κ3) is 5.13. The molecule has 0 aliphatic rings. The Balaban J connectivity index is 2.70. The van der Waals surface area contributed by atoms with Crippen molar-refractivity contribution >= 4 is 29.2 Å². The van der Waals surface area contributed by atoms with Gasteiger partial charge in [-0.3, -0.25) is 0 Å². The third-order valence-electron chi connectivity index (χ3n) is 2.38. The molecule has 0 fully saturated rings. The van der Waals surface area contributed by atoms with Crippen molar-refractivity contribution in [1.29, 1.82) is 0 Å². The SMILES string of the molecule is CSCCC(C)Nc1cc(Cl)nc(C(C)C)n1. The van der Waals surface area contributed by atoms with Crippen molar-refractivity contribution in [2.45, 2.75) is 39.2 Å². The van der Waals surface area contributed by atoms with E-state index >= 15 is 0 Å². The first-order valence-corrected chi connectivity index (χ1v) is 7.60. The van der Waals surface area contributed by atoms with Gasteiger partial charge in [-0.25, -0.2) is 9.97 Å². The van der Waals surface area contributed by atoms with E-state index < -0.39 is 0 Å². The van der Waals surface area contributed by atoms with Gasteiger partial charge in [0.2, 0.25) is 0 Å². The Morgan fingerprint density at radius 1 is 1.35 bits per heavy atom. The Hall–Kier alpha value is -0.480. The van der Waals surface area contributed by atoms with Crippen LogP contribution in [-0.2, 0) is 0 Å². The summed E-state index contributed by atoms with van der Waals surface area (Å²) >= 11 is 7.84. The number of rotatable bonds is 6. The van der Waals surface area contributed by atoms with Crippen molar-refractivity contribution < 1.29 is 0 Å². The standard InChI is InChI=1S/C12H20ClN3S/c1-8(2)12-15-10(13)7-11(16-12)14-9(3)5-6-17-4/h7-9H,5-6H2,1-4H3,(H,14,15,16). The number of halogens is 1. The molecule has 5 heteroatoms. The first-order chi connectivity index (χ1) is 8.02. The van der Waals surface area contributed by atoms with Gasteiger partial charge in [0.15, 0.2) is 0 Å². The fourth-order valence-electron chi connectivity index (χ4n) is 1.39. The Kier molecular flexibility index (Phi) is 6.06. The largest absolute Gasteiger partial charge is 0.367 e. The first kappa shape index (κ1) is 14.6. The summed E-state index contributed by atoms with van der Waals surface area (Å²) in [4.78, 5) is 8.68. The number of aromatic nitrogens is 2. The normalized spacial score (nSPS) is 12.8. The van der Waals surface area contributed by atoms with E-state index in [4.69, 9.17) is 11.6 Å². The Morgan fingerprint density at radius 2 is 2.06 bits per heavy atom. The zero-order valence-corrected chi connectivity index (χ0v) is 12.4. The van der Waals surface area contributed by atoms with Gasteiger partial charge in [-0.2, -0.15) is 11.8 Å². The molecule has 0 radical (unpaired) electrons. The number of hydrogen-bond donors (Lipinski definition) is 1. The fraction of sp³-hybridized carbons (Fsp3) is 0.667. The first-order valence-electron chi connectivity index (χ1n) is 5.83. The van der Waals surface area contributed by atoms with E-state index in [2.05, 4.69) is 42.3 Å². The Bertz CT molecular complexity index is 358. The van der Waals surface area contributed by atoms with Crippen LogP contribution in [0.3, 0.4) is 0 Å². The molecule has 0 aliphatic heterocycles. The van der Waals surface area contributed by atoms with Crippen LogP contribution < -0.4 is 5.32 Å². The second-order valence-corrected chi connectivity index (χ2v) is 5.79. The zero-order chi connectivity index (χ0) is 12.8. The van der Waals surface area contributed by atoms with E-state index in [0.29, 0.717) is 11.2 Å². The molecule has 1 aromatic rings. The van der Waals surface area contributed by atoms with Gasteiger partial charge in [0.05, 0.1) is 0 Å². The molecule has 17 heavy (non-hydrogen) atoms. The van der Waals surface area contributed by atoms with Crippen LogP contribution in [0, 0.1) is 0 Å². The molecule has 0 saturated heterocycles. The van der Waals surface area contributed by atoms with Crippen LogP contribution in [0.15, 0.2) is 6.07 Å². The molecular weight excluding hydrogens is 254 g/mol. The molecule has 0 amide bonds. The van der Waals surface area contributed by atoms with Crippen LogP contribution in [0.4, 0.5) is 5.82 Å². The van der Waals surface area contributed by atoms with E-state index in [1.807, 2.05) is 11.8 Å². The van der Waals surface area contributed by atoms with E-state index in [1.165, 1.54) is 0 Å². The minimum Gasteiger partial charge on any atom is -0.367 e. The minimum atomic E-state index is 0.288. The Labute approximate surface area is 113 Å². The predicted molar refractivity (Wildman–Crippen MR) is 77.2 cm³/mol. The summed E-state index contributed by atoms with van der Waals surface area (Å²) in [6, 6.07) is 2.18. The van der Waals surface area contributed by atoms with Crippen LogP contribution in [0.1, 0.15) is 38.9 Å². The highest BCUT2D eigenvalue weighted by Crippen LogP contribution is 2.18. The maximum atomic E-state index is 5.99. The summed E-state index contributed by atoms with van der Waals surface area (Å²) < 4.78 is 0. The highest BCUT2D eigenvalue weighted by Gasteiger charge is 2.08. The minimum absolute atomic E-state index is 0.288. The summed E-state index contributed by atoms with van der Waals surface area (Å²) in [6.45, 7) is 6.28. The van der Waals surface area contributed by atoms with Crippen LogP contribution >= 0.6 is 23.4 Å². The summed E-state index contributed by atoms with van der Waals surface area (Å²) in [5, 5.41) is 3.87. The predicted octanol–water partition coefficient (Wildman–Crippen LogP) is 3.81. The average Bonchev–Trinajstić information content (AvgIpc) is 2.25. The molecule has 1 heterocycles. The molecule has 0 saturated carbocycles. The molecule has 0 spiro atoms. The van der Waals surface area contributed by atoms with E-state index in [1.54, 1.807) is 6.07 Å². The quantitative estimate of drug-likeness (QED) is 0.800. The molecule has 1 unspecified atom stereocenters. The van der Waals surface area contributed by atoms with Gasteiger partial charge in [0, 0.05) is 18.0 Å². The number of nitrogens with zero attached hydrogens (tertiary/aromatic N) is 2. The van der Waals surface area contributed by atoms with Gasteiger partial charge in [-0.15, -0.1) is 0 Å². The maximum Gasteiger partial charge on any atom is 0.135 e. The lowest BCUT2D eigenvalue weighted by Crippen LogP contribution is -2.17. The van der Waals surface area contributed by atoms with Crippen molar-refractivity contribution in [2.24, 2.45) is 0 Å². The van der Waals surface area contributed by atoms with Gasteiger partial charge in [-0.1, -0.05) is 25.4 Å². The molecule has 1 aromatic heterocycles. The summed E-state index contributed by atoms with van der Waals surface area (Å²) in [5.74, 6) is 3.04. The monoisotopic (exact) mass is 273 g/mol. The van der Waals surface area contributed by atoms with Gasteiger partial charge >= 0.3 is 0 Å². The van der Waals surface area contributed by atoms with Crippen molar-refractivity contribution in [3.63, 3.8) is 0 Å². The second-order valence-electron chi connectivity index (χ2n) is 4.42. The van der Waals surface area contributed by atoms with E-state index in [9.17, 15) is 0 Å². The van der Waals surface area contributed by atoms with Crippen LogP contribution in [-0.4, -0.2) is 28.0 Å². The molecule has 1 N–H and O–H groups in total. The average molecular weight is 274 g/mol. The smallest absolute Gasteiger partial charge is 0.135 e. The van der Waals surface area contributed by atoms with E-state index in [0.717, 1.165) is 23.8 Å². The van der Waals surface area contributed by atoms with Gasteiger partial charge < -0.3 is 5.32 Å². The molecule has 0 bridgehead atoms. The van der Waals surface area contributed by atoms with Gasteiger partial charge in [0.1, 0.15) is 16.8 Å². The fourth-order valence-corrected chi connectivity index (χ4v) is 2.17. The highest BCUT2D eigenvalue weighted by molar-refractivity contribution is 7.98. The lowest BCUT2D eigenvalue weighted by atomic mass is 10.2. The molecule has 1 rings (SSSR count). The lowest BCUT2D eigenvalue weighted by molar-refractivity contribution is 0.745. The molecule has 0 aromatic carbocycles. The number of hydrogen-bond acceptors (Lipinski definition) is 4. The van der Waals surface area contributed by atoms with Crippen molar-refractivity contribution in [3.05, 3.63) is 17.0 Å². The van der Waals surface area contributed by atoms with Crippen LogP contribution in [0.5, 0.6) is 0 Å². The maximum absolute atomic E-state index is 5.99. The zero-order valence-electron chi connectivity index (χ0n) is 10.8. The molecule has 1 atom stereocenters. The number of thioether (sulfide) groups is 1. The van der Waals surface area contributed by atoms with Crippen LogP contribution in [0.2, 0.25) is 5.15 Å². The van der Waals surface area contributed by atoms with Crippen molar-refractivity contribution in [3.8, 4) is 0 Å². The molecule has 0 aliphatic carbocycles. The van der Waals surface area contributed by atoms with E-state index in [-0.39, 0.29) is 5.92 Å². The molecular formula is C12H20ClN3S.